The summed E-state index contributed by atoms with van der Waals surface area (Å²) in [4.78, 5) is 18.6. The molecular weight excluding hydrogens is 384 g/mol. The number of aryl methyl sites for hydroxylation is 1. The predicted molar refractivity (Wildman–Crippen MR) is 132 cm³/mol. The minimum Gasteiger partial charge on any atom is -0.462 e. The van der Waals surface area contributed by atoms with E-state index in [-0.39, 0.29) is 12.1 Å². The monoisotopic (exact) mass is 426 g/mol. The number of hydrogen-bond donors (Lipinski definition) is 0. The van der Waals surface area contributed by atoms with Gasteiger partial charge in [-0.3, -0.25) is 9.79 Å². The van der Waals surface area contributed by atoms with Gasteiger partial charge in [0.05, 0.1) is 12.2 Å². The summed E-state index contributed by atoms with van der Waals surface area (Å²) in [7, 11) is 0. The molecule has 1 aliphatic rings. The van der Waals surface area contributed by atoms with Crippen molar-refractivity contribution in [3.63, 3.8) is 0 Å². The Kier molecular flexibility index (Phi) is 12.0. The lowest BCUT2D eigenvalue weighted by Crippen LogP contribution is -2.24. The molecule has 0 saturated heterocycles. The fourth-order valence-corrected chi connectivity index (χ4v) is 3.91. The standard InChI is InChI=1S/C27H42N2O2/c1-4-6-8-9-10-11-12-14-24-15-13-16-26(21-24)29-19-18-28-25(22-29)20-23(3)31-27(30)17-7-5-2/h13,15-16,18,21-23H,4-12,14,17,19-20H2,1-3H3. The van der Waals surface area contributed by atoms with Crippen molar-refractivity contribution in [1.29, 1.82) is 0 Å². The fraction of sp³-hybridized carbons (Fsp3) is 0.630. The van der Waals surface area contributed by atoms with Crippen molar-refractivity contribution in [2.24, 2.45) is 4.99 Å². The summed E-state index contributed by atoms with van der Waals surface area (Å²) in [5.74, 6) is -0.107. The Hall–Kier alpha value is -2.10. The highest BCUT2D eigenvalue weighted by Gasteiger charge is 2.15. The van der Waals surface area contributed by atoms with Crippen molar-refractivity contribution in [3.05, 3.63) is 41.7 Å². The average Bonchev–Trinajstić information content (AvgIpc) is 2.77. The maximum absolute atomic E-state index is 11.9. The van der Waals surface area contributed by atoms with Crippen LogP contribution in [0.25, 0.3) is 0 Å². The minimum atomic E-state index is -0.156. The van der Waals surface area contributed by atoms with Crippen molar-refractivity contribution in [2.45, 2.75) is 104 Å². The molecule has 0 N–H and O–H groups in total. The Balaban J connectivity index is 1.82. The molecule has 0 bridgehead atoms. The molecule has 1 aliphatic heterocycles. The lowest BCUT2D eigenvalue weighted by molar-refractivity contribution is -0.148. The fourth-order valence-electron chi connectivity index (χ4n) is 3.91. The van der Waals surface area contributed by atoms with Gasteiger partial charge < -0.3 is 9.64 Å². The number of rotatable bonds is 15. The average molecular weight is 427 g/mol. The first kappa shape index (κ1) is 25.2. The number of carbonyl (C=O) groups is 1. The van der Waals surface area contributed by atoms with Crippen LogP contribution in [0.3, 0.4) is 0 Å². The molecule has 0 aliphatic carbocycles. The highest BCUT2D eigenvalue weighted by Crippen LogP contribution is 2.22. The SMILES string of the molecule is CCCCCCCCCc1cccc(N2C=C(CC(C)OC(=O)CCCC)N=CC2)c1. The summed E-state index contributed by atoms with van der Waals surface area (Å²) in [6.07, 6.45) is 17.5. The number of esters is 1. The normalized spacial score (nSPS) is 14.4. The van der Waals surface area contributed by atoms with Gasteiger partial charge in [-0.2, -0.15) is 0 Å². The van der Waals surface area contributed by atoms with Crippen molar-refractivity contribution in [1.82, 2.24) is 0 Å². The van der Waals surface area contributed by atoms with Crippen LogP contribution in [0, 0.1) is 0 Å². The van der Waals surface area contributed by atoms with Crippen LogP contribution in [-0.4, -0.2) is 24.8 Å². The molecule has 0 spiro atoms. The smallest absolute Gasteiger partial charge is 0.306 e. The van der Waals surface area contributed by atoms with Gasteiger partial charge in [0.25, 0.3) is 0 Å². The van der Waals surface area contributed by atoms with Crippen LogP contribution in [-0.2, 0) is 16.0 Å². The number of nitrogens with zero attached hydrogens (tertiary/aromatic N) is 2. The van der Waals surface area contributed by atoms with E-state index >= 15 is 0 Å². The van der Waals surface area contributed by atoms with Gasteiger partial charge in [0.2, 0.25) is 0 Å². The zero-order valence-corrected chi connectivity index (χ0v) is 19.9. The van der Waals surface area contributed by atoms with E-state index in [1.54, 1.807) is 0 Å². The number of unbranched alkanes of at least 4 members (excludes halogenated alkanes) is 7. The van der Waals surface area contributed by atoms with Gasteiger partial charge in [-0.15, -0.1) is 0 Å². The molecule has 1 aromatic rings. The van der Waals surface area contributed by atoms with E-state index in [0.717, 1.165) is 31.5 Å². The zero-order valence-electron chi connectivity index (χ0n) is 19.9. The van der Waals surface area contributed by atoms with Crippen molar-refractivity contribution in [2.75, 3.05) is 11.4 Å². The van der Waals surface area contributed by atoms with E-state index in [9.17, 15) is 4.79 Å². The first-order chi connectivity index (χ1) is 15.1. The number of ether oxygens (including phenoxy) is 1. The molecule has 1 atom stereocenters. The first-order valence-electron chi connectivity index (χ1n) is 12.4. The van der Waals surface area contributed by atoms with Gasteiger partial charge in [-0.1, -0.05) is 70.9 Å². The van der Waals surface area contributed by atoms with Crippen LogP contribution in [0.4, 0.5) is 5.69 Å². The van der Waals surface area contributed by atoms with E-state index in [1.807, 2.05) is 13.1 Å². The molecule has 172 valence electrons. The van der Waals surface area contributed by atoms with Gasteiger partial charge in [-0.05, 0) is 43.9 Å². The Morgan fingerprint density at radius 2 is 1.81 bits per heavy atom. The van der Waals surface area contributed by atoms with Gasteiger partial charge in [-0.25, -0.2) is 0 Å². The lowest BCUT2D eigenvalue weighted by atomic mass is 10.0. The highest BCUT2D eigenvalue weighted by atomic mass is 16.5. The number of aliphatic imine (C=N–C) groups is 1. The Bertz CT molecular complexity index is 711. The number of benzene rings is 1. The maximum atomic E-state index is 11.9. The summed E-state index contributed by atoms with van der Waals surface area (Å²) in [6.45, 7) is 7.07. The largest absolute Gasteiger partial charge is 0.462 e. The van der Waals surface area contributed by atoms with Gasteiger partial charge >= 0.3 is 5.97 Å². The van der Waals surface area contributed by atoms with Crippen molar-refractivity contribution in [3.8, 4) is 0 Å². The van der Waals surface area contributed by atoms with Crippen LogP contribution < -0.4 is 4.90 Å². The summed E-state index contributed by atoms with van der Waals surface area (Å²) >= 11 is 0. The second kappa shape index (κ2) is 14.8. The molecule has 0 saturated carbocycles. The van der Waals surface area contributed by atoms with Gasteiger partial charge in [0.15, 0.2) is 0 Å². The topological polar surface area (TPSA) is 41.9 Å². The molecule has 0 aromatic heterocycles. The summed E-state index contributed by atoms with van der Waals surface area (Å²) in [5.41, 5.74) is 3.57. The molecule has 1 heterocycles. The quantitative estimate of drug-likeness (QED) is 0.219. The molecule has 2 rings (SSSR count). The van der Waals surface area contributed by atoms with E-state index in [4.69, 9.17) is 4.74 Å². The number of carbonyl (C=O) groups excluding carboxylic acids is 1. The number of anilines is 1. The molecular formula is C27H42N2O2. The molecule has 4 nitrogen and oxygen atoms in total. The zero-order chi connectivity index (χ0) is 22.3. The molecule has 1 aromatic carbocycles. The third-order valence-electron chi connectivity index (χ3n) is 5.72. The van der Waals surface area contributed by atoms with Gasteiger partial charge in [0, 0.05) is 30.9 Å². The maximum Gasteiger partial charge on any atom is 0.306 e. The van der Waals surface area contributed by atoms with Gasteiger partial charge in [0.1, 0.15) is 6.10 Å². The Morgan fingerprint density at radius 3 is 2.58 bits per heavy atom. The molecule has 0 fully saturated rings. The lowest BCUT2D eigenvalue weighted by Gasteiger charge is -2.24. The summed E-state index contributed by atoms with van der Waals surface area (Å²) in [6, 6.07) is 8.86. The summed E-state index contributed by atoms with van der Waals surface area (Å²) < 4.78 is 5.53. The third-order valence-corrected chi connectivity index (χ3v) is 5.72. The predicted octanol–water partition coefficient (Wildman–Crippen LogP) is 7.22. The molecule has 1 unspecified atom stereocenters. The molecule has 0 amide bonds. The number of hydrogen-bond acceptors (Lipinski definition) is 4. The van der Waals surface area contributed by atoms with Crippen LogP contribution in [0.15, 0.2) is 41.2 Å². The van der Waals surface area contributed by atoms with Crippen LogP contribution in [0.1, 0.15) is 97.0 Å². The van der Waals surface area contributed by atoms with Crippen LogP contribution >= 0.6 is 0 Å². The van der Waals surface area contributed by atoms with E-state index < -0.39 is 0 Å². The van der Waals surface area contributed by atoms with Crippen molar-refractivity contribution < 1.29 is 9.53 Å². The highest BCUT2D eigenvalue weighted by molar-refractivity contribution is 5.71. The first-order valence-corrected chi connectivity index (χ1v) is 12.4. The van der Waals surface area contributed by atoms with E-state index in [1.165, 1.54) is 56.2 Å². The molecule has 31 heavy (non-hydrogen) atoms. The second-order valence-corrected chi connectivity index (χ2v) is 8.73. The Morgan fingerprint density at radius 1 is 1.06 bits per heavy atom. The van der Waals surface area contributed by atoms with Crippen molar-refractivity contribution >= 4 is 17.9 Å². The second-order valence-electron chi connectivity index (χ2n) is 8.73. The Labute approximate surface area is 189 Å². The minimum absolute atomic E-state index is 0.107. The van der Waals surface area contributed by atoms with E-state index in [2.05, 4.69) is 54.2 Å². The van der Waals surface area contributed by atoms with Crippen LogP contribution in [0.2, 0.25) is 0 Å². The molecule has 0 radical (unpaired) electrons. The van der Waals surface area contributed by atoms with Crippen LogP contribution in [0.5, 0.6) is 0 Å². The summed E-state index contributed by atoms with van der Waals surface area (Å²) in [5, 5.41) is 0. The third kappa shape index (κ3) is 10.2. The van der Waals surface area contributed by atoms with E-state index in [0.29, 0.717) is 12.8 Å². The molecule has 4 heteroatoms.